The predicted octanol–water partition coefficient (Wildman–Crippen LogP) is 4.96. The van der Waals surface area contributed by atoms with Crippen LogP contribution in [0.25, 0.3) is 0 Å². The quantitative estimate of drug-likeness (QED) is 0.687. The summed E-state index contributed by atoms with van der Waals surface area (Å²) >= 11 is 0. The van der Waals surface area contributed by atoms with Gasteiger partial charge in [0, 0.05) is 29.6 Å². The fraction of sp³-hybridized carbons (Fsp3) is 0.926. The molecule has 4 heteroatoms. The Balaban J connectivity index is 1.56. The Morgan fingerprint density at radius 3 is 2.48 bits per heavy atom. The van der Waals surface area contributed by atoms with Crippen molar-refractivity contribution in [1.82, 2.24) is 0 Å². The van der Waals surface area contributed by atoms with Crippen molar-refractivity contribution in [2.75, 3.05) is 6.61 Å². The van der Waals surface area contributed by atoms with Crippen LogP contribution in [0.1, 0.15) is 92.9 Å². The van der Waals surface area contributed by atoms with Gasteiger partial charge in [0.1, 0.15) is 11.6 Å². The molecular formula is C27H42O4. The molecule has 4 nitrogen and oxygen atoms in total. The molecule has 1 saturated heterocycles. The van der Waals surface area contributed by atoms with E-state index in [9.17, 15) is 14.7 Å². The van der Waals surface area contributed by atoms with Gasteiger partial charge in [-0.15, -0.1) is 0 Å². The first kappa shape index (κ1) is 22.1. The van der Waals surface area contributed by atoms with Crippen molar-refractivity contribution >= 4 is 11.6 Å². The van der Waals surface area contributed by atoms with Crippen molar-refractivity contribution in [1.29, 1.82) is 0 Å². The summed E-state index contributed by atoms with van der Waals surface area (Å²) in [5, 5.41) is 10.9. The summed E-state index contributed by atoms with van der Waals surface area (Å²) in [7, 11) is 0. The van der Waals surface area contributed by atoms with Gasteiger partial charge in [-0.3, -0.25) is 4.79 Å². The number of ether oxygens (including phenoxy) is 1. The maximum Gasteiger partial charge on any atom is 0.140 e. The van der Waals surface area contributed by atoms with E-state index in [1.807, 2.05) is 0 Å². The lowest BCUT2D eigenvalue weighted by Crippen LogP contribution is -2.69. The summed E-state index contributed by atoms with van der Waals surface area (Å²) in [6.45, 7) is 13.7. The molecule has 4 saturated carbocycles. The van der Waals surface area contributed by atoms with Crippen molar-refractivity contribution in [3.63, 3.8) is 0 Å². The average Bonchev–Trinajstić information content (AvgIpc) is 3.07. The highest BCUT2D eigenvalue weighted by Crippen LogP contribution is 2.78. The summed E-state index contributed by atoms with van der Waals surface area (Å²) in [5.74, 6) is 1.98. The minimum atomic E-state index is -0.498. The van der Waals surface area contributed by atoms with Crippen molar-refractivity contribution in [3.8, 4) is 0 Å². The molecule has 31 heavy (non-hydrogen) atoms. The molecule has 1 aliphatic heterocycles. The number of fused-ring (bicyclic) bond motifs is 2. The summed E-state index contributed by atoms with van der Waals surface area (Å²) in [5.41, 5.74) is -0.893. The van der Waals surface area contributed by atoms with Gasteiger partial charge in [0.05, 0.1) is 18.3 Å². The van der Waals surface area contributed by atoms with Crippen LogP contribution in [0.4, 0.5) is 0 Å². The minimum Gasteiger partial charge on any atom is -0.392 e. The Morgan fingerprint density at radius 2 is 1.81 bits per heavy atom. The van der Waals surface area contributed by atoms with E-state index in [0.717, 1.165) is 38.5 Å². The zero-order valence-electron chi connectivity index (χ0n) is 20.4. The number of rotatable bonds is 3. The average molecular weight is 431 g/mol. The minimum absolute atomic E-state index is 0.0296. The van der Waals surface area contributed by atoms with E-state index in [2.05, 4.69) is 34.6 Å². The van der Waals surface area contributed by atoms with Gasteiger partial charge >= 0.3 is 0 Å². The van der Waals surface area contributed by atoms with Gasteiger partial charge < -0.3 is 14.6 Å². The van der Waals surface area contributed by atoms with E-state index < -0.39 is 17.1 Å². The van der Waals surface area contributed by atoms with Gasteiger partial charge in [0.2, 0.25) is 0 Å². The maximum atomic E-state index is 14.1. The van der Waals surface area contributed by atoms with Gasteiger partial charge in [0.25, 0.3) is 0 Å². The van der Waals surface area contributed by atoms with Gasteiger partial charge in [-0.05, 0) is 74.0 Å². The zero-order valence-corrected chi connectivity index (χ0v) is 20.4. The SMILES string of the molecule is CC(=O)C[C@@H](C)[C@H]1CC[C@@]2(C)[C@@H]3C(=O)C[C@]45OC[C@]3(CC[C@]12C)[C@@H]4CC[C@H](O)C5(C)C. The largest absolute Gasteiger partial charge is 0.392 e. The van der Waals surface area contributed by atoms with E-state index in [0.29, 0.717) is 43.0 Å². The molecule has 5 fully saturated rings. The lowest BCUT2D eigenvalue weighted by molar-refractivity contribution is -0.213. The van der Waals surface area contributed by atoms with Gasteiger partial charge in [-0.1, -0.05) is 34.6 Å². The van der Waals surface area contributed by atoms with Gasteiger partial charge in [-0.25, -0.2) is 0 Å². The second-order valence-corrected chi connectivity index (χ2v) is 13.2. The number of carbonyl (C=O) groups is 2. The highest BCUT2D eigenvalue weighted by molar-refractivity contribution is 5.86. The van der Waals surface area contributed by atoms with Crippen molar-refractivity contribution < 1.29 is 19.4 Å². The molecule has 4 aliphatic carbocycles. The molecule has 0 aromatic heterocycles. The molecular weight excluding hydrogens is 388 g/mol. The summed E-state index contributed by atoms with van der Waals surface area (Å²) < 4.78 is 6.71. The van der Waals surface area contributed by atoms with Crippen molar-refractivity contribution in [3.05, 3.63) is 0 Å². The van der Waals surface area contributed by atoms with Crippen LogP contribution >= 0.6 is 0 Å². The second-order valence-electron chi connectivity index (χ2n) is 13.2. The van der Waals surface area contributed by atoms with Crippen LogP contribution in [-0.4, -0.2) is 35.0 Å². The van der Waals surface area contributed by atoms with E-state index in [4.69, 9.17) is 4.74 Å². The summed E-state index contributed by atoms with van der Waals surface area (Å²) in [4.78, 5) is 25.9. The number of ketones is 2. The monoisotopic (exact) mass is 430 g/mol. The molecule has 9 atom stereocenters. The lowest BCUT2D eigenvalue weighted by atomic mass is 9.36. The Kier molecular flexibility index (Phi) is 4.58. The fourth-order valence-electron chi connectivity index (χ4n) is 10.2. The molecule has 1 heterocycles. The van der Waals surface area contributed by atoms with Crippen LogP contribution in [0.3, 0.4) is 0 Å². The molecule has 2 bridgehead atoms. The molecule has 0 radical (unpaired) electrons. The van der Waals surface area contributed by atoms with Crippen LogP contribution in [0, 0.1) is 45.3 Å². The standard InChI is InChI=1S/C27H42O4/c1-16(13-17(2)28)18-9-10-25(6)22-19(29)14-27-20(7-8-21(30)23(27,3)4)26(22,15-31-27)12-11-24(18,25)5/h16,18,20-22,30H,7-15H2,1-6H3/t16-,18-,20+,21+,22+,24-,25+,26-,27+/m1/s1. The third-order valence-electron chi connectivity index (χ3n) is 12.0. The third kappa shape index (κ3) is 2.40. The Morgan fingerprint density at radius 1 is 1.10 bits per heavy atom. The third-order valence-corrected chi connectivity index (χ3v) is 12.0. The molecule has 0 unspecified atom stereocenters. The van der Waals surface area contributed by atoms with Crippen molar-refractivity contribution in [2.45, 2.75) is 105 Å². The second kappa shape index (κ2) is 6.44. The normalized spacial score (nSPS) is 53.5. The van der Waals surface area contributed by atoms with E-state index in [1.165, 1.54) is 0 Å². The smallest absolute Gasteiger partial charge is 0.140 e. The number of hydrogen-bond donors (Lipinski definition) is 1. The summed E-state index contributed by atoms with van der Waals surface area (Å²) in [6.07, 6.45) is 6.90. The number of Topliss-reactive ketones (excluding diaryl/α,β-unsaturated/α-hetero) is 2. The topological polar surface area (TPSA) is 63.6 Å². The first-order valence-electron chi connectivity index (χ1n) is 12.7. The zero-order chi connectivity index (χ0) is 22.6. The van der Waals surface area contributed by atoms with Crippen molar-refractivity contribution in [2.24, 2.45) is 45.3 Å². The van der Waals surface area contributed by atoms with E-state index in [-0.39, 0.29) is 27.9 Å². The molecule has 5 aliphatic rings. The molecule has 174 valence electrons. The predicted molar refractivity (Wildman–Crippen MR) is 119 cm³/mol. The molecule has 0 aromatic carbocycles. The van der Waals surface area contributed by atoms with Gasteiger partial charge in [0.15, 0.2) is 0 Å². The Labute approximate surface area is 187 Å². The molecule has 1 spiro atoms. The molecule has 0 aromatic rings. The van der Waals surface area contributed by atoms with Gasteiger partial charge in [-0.2, -0.15) is 0 Å². The van der Waals surface area contributed by atoms with Crippen LogP contribution in [0.2, 0.25) is 0 Å². The highest BCUT2D eigenvalue weighted by atomic mass is 16.5. The lowest BCUT2D eigenvalue weighted by Gasteiger charge is -2.66. The molecule has 1 N–H and O–H groups in total. The molecule has 5 rings (SSSR count). The number of carbonyl (C=O) groups excluding carboxylic acids is 2. The summed E-state index contributed by atoms with van der Waals surface area (Å²) in [6, 6.07) is 0. The number of aliphatic hydroxyl groups excluding tert-OH is 1. The molecule has 0 amide bonds. The number of hydrogen-bond acceptors (Lipinski definition) is 4. The van der Waals surface area contributed by atoms with Crippen LogP contribution in [0.15, 0.2) is 0 Å². The Hall–Kier alpha value is -0.740. The van der Waals surface area contributed by atoms with Crippen LogP contribution in [-0.2, 0) is 14.3 Å². The van der Waals surface area contributed by atoms with Crippen LogP contribution in [0.5, 0.6) is 0 Å². The highest BCUT2D eigenvalue weighted by Gasteiger charge is 2.78. The van der Waals surface area contributed by atoms with E-state index >= 15 is 0 Å². The first-order chi connectivity index (χ1) is 14.4. The van der Waals surface area contributed by atoms with E-state index in [1.54, 1.807) is 6.92 Å². The first-order valence-corrected chi connectivity index (χ1v) is 12.7. The maximum absolute atomic E-state index is 14.1. The fourth-order valence-corrected chi connectivity index (χ4v) is 10.2. The Bertz CT molecular complexity index is 818. The number of aliphatic hydroxyl groups is 1. The van der Waals surface area contributed by atoms with Crippen LogP contribution < -0.4 is 0 Å².